The molecular weight excluding hydrogens is 283 g/mol. The molecule has 2 amide bonds. The Morgan fingerprint density at radius 2 is 1.85 bits per heavy atom. The zero-order chi connectivity index (χ0) is 14.7. The Labute approximate surface area is 118 Å². The Hall–Kier alpha value is -2.41. The molecule has 20 heavy (non-hydrogen) atoms. The van der Waals surface area contributed by atoms with Gasteiger partial charge in [0.2, 0.25) is 0 Å². The van der Waals surface area contributed by atoms with Crippen LogP contribution in [0, 0.1) is 12.7 Å². The van der Waals surface area contributed by atoms with Crippen molar-refractivity contribution in [1.29, 1.82) is 0 Å². The van der Waals surface area contributed by atoms with Gasteiger partial charge in [0.05, 0.1) is 5.69 Å². The lowest BCUT2D eigenvalue weighted by atomic mass is 10.2. The van der Waals surface area contributed by atoms with E-state index in [9.17, 15) is 14.0 Å². The highest BCUT2D eigenvalue weighted by atomic mass is 32.1. The highest BCUT2D eigenvalue weighted by molar-refractivity contribution is 7.12. The monoisotopic (exact) mass is 294 g/mol. The summed E-state index contributed by atoms with van der Waals surface area (Å²) in [6.07, 6.45) is 0. The van der Waals surface area contributed by atoms with Crippen LogP contribution < -0.4 is 10.6 Å². The Bertz CT molecular complexity index is 652. The number of benzene rings is 1. The summed E-state index contributed by atoms with van der Waals surface area (Å²) in [4.78, 5) is 22.9. The summed E-state index contributed by atoms with van der Waals surface area (Å²) in [7, 11) is 0. The second-order valence-corrected chi connectivity index (χ2v) is 4.89. The molecule has 7 heteroatoms. The SMILES string of the molecule is Cc1csc(C(=O)O)c1NC(=O)Nc1ccc(F)cc1. The second-order valence-electron chi connectivity index (χ2n) is 4.01. The van der Waals surface area contributed by atoms with Crippen LogP contribution in [0.5, 0.6) is 0 Å². The Morgan fingerprint density at radius 1 is 1.20 bits per heavy atom. The number of rotatable bonds is 3. The first-order valence-corrected chi connectivity index (χ1v) is 6.50. The molecule has 2 aromatic rings. The lowest BCUT2D eigenvalue weighted by molar-refractivity contribution is 0.0703. The summed E-state index contributed by atoms with van der Waals surface area (Å²) in [5.74, 6) is -1.50. The Kier molecular flexibility index (Phi) is 3.99. The smallest absolute Gasteiger partial charge is 0.348 e. The maximum atomic E-state index is 12.7. The van der Waals surface area contributed by atoms with Crippen molar-refractivity contribution in [2.24, 2.45) is 0 Å². The molecule has 0 saturated carbocycles. The largest absolute Gasteiger partial charge is 0.477 e. The summed E-state index contributed by atoms with van der Waals surface area (Å²) < 4.78 is 12.7. The van der Waals surface area contributed by atoms with Gasteiger partial charge in [-0.05, 0) is 42.1 Å². The third kappa shape index (κ3) is 3.12. The van der Waals surface area contributed by atoms with Crippen LogP contribution in [0.2, 0.25) is 0 Å². The predicted octanol–water partition coefficient (Wildman–Crippen LogP) is 3.54. The van der Waals surface area contributed by atoms with Crippen molar-refractivity contribution in [3.63, 3.8) is 0 Å². The number of anilines is 2. The molecule has 0 radical (unpaired) electrons. The van der Waals surface area contributed by atoms with E-state index in [1.807, 2.05) is 0 Å². The van der Waals surface area contributed by atoms with Crippen LogP contribution in [-0.2, 0) is 0 Å². The molecule has 1 aromatic carbocycles. The number of amides is 2. The molecule has 104 valence electrons. The summed E-state index contributed by atoms with van der Waals surface area (Å²) >= 11 is 1.04. The number of carboxylic acid groups (broad SMARTS) is 1. The fourth-order valence-corrected chi connectivity index (χ4v) is 2.41. The van der Waals surface area contributed by atoms with E-state index in [0.29, 0.717) is 11.3 Å². The molecule has 0 aliphatic heterocycles. The molecular formula is C13H11FN2O3S. The molecule has 0 aliphatic rings. The summed E-state index contributed by atoms with van der Waals surface area (Å²) in [5, 5.41) is 15.6. The van der Waals surface area contributed by atoms with Gasteiger partial charge in [0, 0.05) is 5.69 Å². The number of hydrogen-bond donors (Lipinski definition) is 3. The van der Waals surface area contributed by atoms with E-state index in [2.05, 4.69) is 10.6 Å². The number of carbonyl (C=O) groups excluding carboxylic acids is 1. The minimum atomic E-state index is -1.10. The third-order valence-electron chi connectivity index (χ3n) is 2.51. The van der Waals surface area contributed by atoms with Crippen LogP contribution in [0.4, 0.5) is 20.6 Å². The van der Waals surface area contributed by atoms with Crippen molar-refractivity contribution in [3.8, 4) is 0 Å². The van der Waals surface area contributed by atoms with Crippen LogP contribution in [0.25, 0.3) is 0 Å². The normalized spacial score (nSPS) is 10.1. The van der Waals surface area contributed by atoms with Gasteiger partial charge in [-0.3, -0.25) is 0 Å². The first-order valence-electron chi connectivity index (χ1n) is 5.62. The van der Waals surface area contributed by atoms with Crippen molar-refractivity contribution < 1.29 is 19.1 Å². The highest BCUT2D eigenvalue weighted by Crippen LogP contribution is 2.27. The van der Waals surface area contributed by atoms with E-state index in [-0.39, 0.29) is 10.6 Å². The Morgan fingerprint density at radius 3 is 2.45 bits per heavy atom. The third-order valence-corrected chi connectivity index (χ3v) is 3.60. The van der Waals surface area contributed by atoms with Gasteiger partial charge < -0.3 is 15.7 Å². The number of carbonyl (C=O) groups is 2. The van der Waals surface area contributed by atoms with Gasteiger partial charge in [-0.2, -0.15) is 0 Å². The predicted molar refractivity (Wildman–Crippen MR) is 75.1 cm³/mol. The van der Waals surface area contributed by atoms with Crippen molar-refractivity contribution >= 4 is 34.7 Å². The molecule has 1 aromatic heterocycles. The number of halogens is 1. The molecule has 3 N–H and O–H groups in total. The summed E-state index contributed by atoms with van der Waals surface area (Å²) in [6, 6.07) is 4.67. The molecule has 0 fully saturated rings. The highest BCUT2D eigenvalue weighted by Gasteiger charge is 2.17. The van der Waals surface area contributed by atoms with Crippen LogP contribution in [0.3, 0.4) is 0 Å². The standard InChI is InChI=1S/C13H11FN2O3S/c1-7-6-20-11(12(17)18)10(7)16-13(19)15-9-4-2-8(14)3-5-9/h2-6H,1H3,(H,17,18)(H2,15,16,19). The van der Waals surface area contributed by atoms with E-state index >= 15 is 0 Å². The fourth-order valence-electron chi connectivity index (χ4n) is 1.57. The molecule has 5 nitrogen and oxygen atoms in total. The minimum absolute atomic E-state index is 0.0664. The van der Waals surface area contributed by atoms with E-state index < -0.39 is 17.8 Å². The van der Waals surface area contributed by atoms with E-state index in [0.717, 1.165) is 11.3 Å². The topological polar surface area (TPSA) is 78.4 Å². The number of thiophene rings is 1. The minimum Gasteiger partial charge on any atom is -0.477 e. The van der Waals surface area contributed by atoms with Crippen molar-refractivity contribution in [3.05, 3.63) is 45.9 Å². The molecule has 0 saturated heterocycles. The maximum Gasteiger partial charge on any atom is 0.348 e. The van der Waals surface area contributed by atoms with Gasteiger partial charge in [0.1, 0.15) is 10.7 Å². The van der Waals surface area contributed by atoms with Gasteiger partial charge >= 0.3 is 12.0 Å². The van der Waals surface area contributed by atoms with E-state index in [1.54, 1.807) is 12.3 Å². The number of carboxylic acids is 1. The molecule has 0 spiro atoms. The van der Waals surface area contributed by atoms with Gasteiger partial charge in [-0.1, -0.05) is 0 Å². The van der Waals surface area contributed by atoms with Gasteiger partial charge in [-0.25, -0.2) is 14.0 Å². The van der Waals surface area contributed by atoms with Crippen molar-refractivity contribution in [1.82, 2.24) is 0 Å². The Balaban J connectivity index is 2.10. The molecule has 1 heterocycles. The van der Waals surface area contributed by atoms with Crippen molar-refractivity contribution in [2.75, 3.05) is 10.6 Å². The molecule has 2 rings (SSSR count). The van der Waals surface area contributed by atoms with Crippen LogP contribution in [0.1, 0.15) is 15.2 Å². The van der Waals surface area contributed by atoms with Crippen LogP contribution in [-0.4, -0.2) is 17.1 Å². The first kappa shape index (κ1) is 14.0. The summed E-state index contributed by atoms with van der Waals surface area (Å²) in [6.45, 7) is 1.70. The second kappa shape index (κ2) is 5.70. The number of aromatic carboxylic acids is 1. The molecule has 0 aliphatic carbocycles. The maximum absolute atomic E-state index is 12.7. The van der Waals surface area contributed by atoms with Gasteiger partial charge in [0.25, 0.3) is 0 Å². The van der Waals surface area contributed by atoms with Crippen LogP contribution >= 0.6 is 11.3 Å². The average molecular weight is 294 g/mol. The lowest BCUT2D eigenvalue weighted by Crippen LogP contribution is -2.20. The van der Waals surface area contributed by atoms with E-state index in [4.69, 9.17) is 5.11 Å². The molecule has 0 bridgehead atoms. The number of hydrogen-bond acceptors (Lipinski definition) is 3. The lowest BCUT2D eigenvalue weighted by Gasteiger charge is -2.08. The van der Waals surface area contributed by atoms with Crippen LogP contribution in [0.15, 0.2) is 29.6 Å². The van der Waals surface area contributed by atoms with Gasteiger partial charge in [0.15, 0.2) is 0 Å². The van der Waals surface area contributed by atoms with Gasteiger partial charge in [-0.15, -0.1) is 11.3 Å². The quantitative estimate of drug-likeness (QED) is 0.810. The first-order chi connectivity index (χ1) is 9.47. The average Bonchev–Trinajstić information content (AvgIpc) is 2.74. The zero-order valence-corrected chi connectivity index (χ0v) is 11.3. The zero-order valence-electron chi connectivity index (χ0n) is 10.4. The number of nitrogens with one attached hydrogen (secondary N) is 2. The number of aryl methyl sites for hydroxylation is 1. The molecule has 0 atom stereocenters. The summed E-state index contributed by atoms with van der Waals surface area (Å²) in [5.41, 5.74) is 1.34. The van der Waals surface area contributed by atoms with E-state index in [1.165, 1.54) is 24.3 Å². The molecule has 0 unspecified atom stereocenters. The fraction of sp³-hybridized carbons (Fsp3) is 0.0769. The number of urea groups is 1. The van der Waals surface area contributed by atoms with Crippen molar-refractivity contribution in [2.45, 2.75) is 6.92 Å².